The van der Waals surface area contributed by atoms with Gasteiger partial charge < -0.3 is 14.8 Å². The highest BCUT2D eigenvalue weighted by atomic mass is 35.5. The summed E-state index contributed by atoms with van der Waals surface area (Å²) in [6, 6.07) is 10.2. The molecule has 0 unspecified atom stereocenters. The molecule has 1 heterocycles. The number of halogens is 2. The van der Waals surface area contributed by atoms with Crippen molar-refractivity contribution in [1.29, 1.82) is 0 Å². The average molecular weight is 280 g/mol. The molecule has 98 valence electrons. The van der Waals surface area contributed by atoms with E-state index in [2.05, 4.69) is 5.32 Å². The lowest BCUT2D eigenvalue weighted by Crippen LogP contribution is -2.02. The second-order valence-corrected chi connectivity index (χ2v) is 4.55. The Kier molecular flexibility index (Phi) is 3.17. The van der Waals surface area contributed by atoms with Crippen LogP contribution in [0.25, 0.3) is 0 Å². The Morgan fingerprint density at radius 2 is 2.00 bits per heavy atom. The summed E-state index contributed by atoms with van der Waals surface area (Å²) in [4.78, 5) is 0. The zero-order chi connectivity index (χ0) is 13.2. The Hall–Kier alpha value is -1.94. The summed E-state index contributed by atoms with van der Waals surface area (Å²) >= 11 is 5.94. The van der Waals surface area contributed by atoms with Crippen LogP contribution in [0.4, 0.5) is 10.1 Å². The topological polar surface area (TPSA) is 30.5 Å². The Balaban J connectivity index is 1.76. The highest BCUT2D eigenvalue weighted by Gasteiger charge is 2.13. The van der Waals surface area contributed by atoms with E-state index in [0.29, 0.717) is 23.0 Å². The van der Waals surface area contributed by atoms with E-state index in [1.54, 1.807) is 12.1 Å². The number of fused-ring (bicyclic) bond motifs is 1. The van der Waals surface area contributed by atoms with Gasteiger partial charge in [-0.15, -0.1) is 0 Å². The molecule has 1 aliphatic rings. The molecule has 0 radical (unpaired) electrons. The van der Waals surface area contributed by atoms with Gasteiger partial charge in [0, 0.05) is 6.54 Å². The van der Waals surface area contributed by atoms with E-state index in [-0.39, 0.29) is 12.6 Å². The molecule has 1 N–H and O–H groups in total. The van der Waals surface area contributed by atoms with Crippen molar-refractivity contribution < 1.29 is 13.9 Å². The number of ether oxygens (including phenoxy) is 2. The normalized spacial score (nSPS) is 12.5. The van der Waals surface area contributed by atoms with E-state index in [0.717, 1.165) is 11.3 Å². The predicted molar refractivity (Wildman–Crippen MR) is 71.3 cm³/mol. The molecule has 3 rings (SSSR count). The first-order valence-corrected chi connectivity index (χ1v) is 6.18. The van der Waals surface area contributed by atoms with Crippen molar-refractivity contribution in [3.05, 3.63) is 52.8 Å². The van der Waals surface area contributed by atoms with E-state index >= 15 is 0 Å². The van der Waals surface area contributed by atoms with Crippen LogP contribution in [0, 0.1) is 5.82 Å². The molecule has 0 saturated carbocycles. The summed E-state index contributed by atoms with van der Waals surface area (Å²) in [6.45, 7) is 0.697. The van der Waals surface area contributed by atoms with Crippen molar-refractivity contribution >= 4 is 17.3 Å². The maximum atomic E-state index is 13.6. The third-order valence-corrected chi connectivity index (χ3v) is 3.18. The van der Waals surface area contributed by atoms with E-state index < -0.39 is 0 Å². The number of para-hydroxylation sites is 1. The number of hydrogen-bond acceptors (Lipinski definition) is 3. The van der Waals surface area contributed by atoms with Crippen molar-refractivity contribution in [2.45, 2.75) is 6.54 Å². The average Bonchev–Trinajstić information content (AvgIpc) is 2.85. The maximum Gasteiger partial charge on any atom is 0.231 e. The Labute approximate surface area is 114 Å². The molecule has 0 spiro atoms. The number of benzene rings is 2. The van der Waals surface area contributed by atoms with Crippen LogP contribution in [0.15, 0.2) is 36.4 Å². The van der Waals surface area contributed by atoms with Gasteiger partial charge in [-0.05, 0) is 29.8 Å². The molecule has 19 heavy (non-hydrogen) atoms. The first kappa shape index (κ1) is 12.1. The molecule has 2 aromatic carbocycles. The summed E-state index contributed by atoms with van der Waals surface area (Å²) in [5.74, 6) is 1.07. The zero-order valence-corrected chi connectivity index (χ0v) is 10.7. The number of rotatable bonds is 3. The van der Waals surface area contributed by atoms with Gasteiger partial charge in [0.15, 0.2) is 11.5 Å². The van der Waals surface area contributed by atoms with Crippen LogP contribution in [0.3, 0.4) is 0 Å². The fourth-order valence-electron chi connectivity index (χ4n) is 1.91. The molecule has 0 aromatic heterocycles. The van der Waals surface area contributed by atoms with Crippen LogP contribution in [-0.4, -0.2) is 6.79 Å². The van der Waals surface area contributed by atoms with Gasteiger partial charge in [-0.1, -0.05) is 23.7 Å². The summed E-state index contributed by atoms with van der Waals surface area (Å²) in [6.07, 6.45) is 0. The molecule has 3 nitrogen and oxygen atoms in total. The predicted octanol–water partition coefficient (Wildman–Crippen LogP) is 3.82. The molecule has 0 atom stereocenters. The molecule has 0 aliphatic carbocycles. The second-order valence-electron chi connectivity index (χ2n) is 4.14. The van der Waals surface area contributed by atoms with Gasteiger partial charge in [-0.25, -0.2) is 4.39 Å². The smallest absolute Gasteiger partial charge is 0.231 e. The monoisotopic (exact) mass is 279 g/mol. The van der Waals surface area contributed by atoms with Crippen molar-refractivity contribution in [2.75, 3.05) is 12.1 Å². The second kappa shape index (κ2) is 4.97. The van der Waals surface area contributed by atoms with E-state index in [9.17, 15) is 4.39 Å². The van der Waals surface area contributed by atoms with Gasteiger partial charge in [-0.3, -0.25) is 0 Å². The van der Waals surface area contributed by atoms with Crippen molar-refractivity contribution in [3.63, 3.8) is 0 Å². The van der Waals surface area contributed by atoms with Crippen LogP contribution >= 0.6 is 11.6 Å². The Morgan fingerprint density at radius 1 is 1.16 bits per heavy atom. The van der Waals surface area contributed by atoms with Crippen LogP contribution in [0.5, 0.6) is 11.5 Å². The van der Waals surface area contributed by atoms with E-state index in [1.807, 2.05) is 18.2 Å². The molecule has 2 aromatic rings. The highest BCUT2D eigenvalue weighted by Crippen LogP contribution is 2.33. The SMILES string of the molecule is Fc1cccc(Cl)c1NCc1ccc2c(c1)OCO2. The lowest BCUT2D eigenvalue weighted by molar-refractivity contribution is 0.174. The van der Waals surface area contributed by atoms with E-state index in [4.69, 9.17) is 21.1 Å². The fourth-order valence-corrected chi connectivity index (χ4v) is 2.14. The summed E-state index contributed by atoms with van der Waals surface area (Å²) in [5, 5.41) is 3.35. The number of anilines is 1. The summed E-state index contributed by atoms with van der Waals surface area (Å²) in [7, 11) is 0. The van der Waals surface area contributed by atoms with Gasteiger partial charge in [0.1, 0.15) is 5.82 Å². The summed E-state index contributed by atoms with van der Waals surface area (Å²) in [5.41, 5.74) is 1.27. The molecule has 0 fully saturated rings. The molecule has 0 saturated heterocycles. The van der Waals surface area contributed by atoms with Crippen molar-refractivity contribution in [2.24, 2.45) is 0 Å². The quantitative estimate of drug-likeness (QED) is 0.926. The lowest BCUT2D eigenvalue weighted by Gasteiger charge is -2.09. The van der Waals surface area contributed by atoms with Gasteiger partial charge in [0.05, 0.1) is 10.7 Å². The minimum absolute atomic E-state index is 0.241. The number of nitrogens with one attached hydrogen (secondary N) is 1. The van der Waals surface area contributed by atoms with E-state index in [1.165, 1.54) is 6.07 Å². The Bertz CT molecular complexity index is 598. The fraction of sp³-hybridized carbons (Fsp3) is 0.143. The van der Waals surface area contributed by atoms with Crippen molar-refractivity contribution in [3.8, 4) is 11.5 Å². The maximum absolute atomic E-state index is 13.6. The van der Waals surface area contributed by atoms with Crippen LogP contribution in [-0.2, 0) is 6.54 Å². The van der Waals surface area contributed by atoms with Crippen LogP contribution in [0.2, 0.25) is 5.02 Å². The molecule has 0 bridgehead atoms. The minimum atomic E-state index is -0.367. The van der Waals surface area contributed by atoms with Crippen LogP contribution < -0.4 is 14.8 Å². The minimum Gasteiger partial charge on any atom is -0.454 e. The van der Waals surface area contributed by atoms with Gasteiger partial charge in [0.25, 0.3) is 0 Å². The van der Waals surface area contributed by atoms with Crippen LogP contribution in [0.1, 0.15) is 5.56 Å². The Morgan fingerprint density at radius 3 is 2.84 bits per heavy atom. The number of hydrogen-bond donors (Lipinski definition) is 1. The first-order chi connectivity index (χ1) is 9.24. The molecular formula is C14H11ClFNO2. The molecule has 1 aliphatic heterocycles. The molecule has 0 amide bonds. The zero-order valence-electron chi connectivity index (χ0n) is 9.95. The molecular weight excluding hydrogens is 269 g/mol. The largest absolute Gasteiger partial charge is 0.454 e. The van der Waals surface area contributed by atoms with Gasteiger partial charge in [0.2, 0.25) is 6.79 Å². The highest BCUT2D eigenvalue weighted by molar-refractivity contribution is 6.33. The summed E-state index contributed by atoms with van der Waals surface area (Å²) < 4.78 is 24.1. The van der Waals surface area contributed by atoms with Gasteiger partial charge >= 0.3 is 0 Å². The standard InChI is InChI=1S/C14H11ClFNO2/c15-10-2-1-3-11(16)14(10)17-7-9-4-5-12-13(6-9)19-8-18-12/h1-6,17H,7-8H2. The van der Waals surface area contributed by atoms with Gasteiger partial charge in [-0.2, -0.15) is 0 Å². The molecule has 5 heteroatoms. The third kappa shape index (κ3) is 2.44. The van der Waals surface area contributed by atoms with Crippen molar-refractivity contribution in [1.82, 2.24) is 0 Å². The first-order valence-electron chi connectivity index (χ1n) is 5.80. The lowest BCUT2D eigenvalue weighted by atomic mass is 10.2. The third-order valence-electron chi connectivity index (χ3n) is 2.87.